The molecule has 1 aliphatic rings. The van der Waals surface area contributed by atoms with Gasteiger partial charge in [-0.15, -0.1) is 0 Å². The number of halogens is 1. The van der Waals surface area contributed by atoms with Gasteiger partial charge in [0.1, 0.15) is 0 Å². The molecule has 15 heavy (non-hydrogen) atoms. The number of hydrogen-bond acceptors (Lipinski definition) is 1. The van der Waals surface area contributed by atoms with E-state index in [9.17, 15) is 4.39 Å². The molecule has 1 aromatic rings. The number of rotatable bonds is 2. The summed E-state index contributed by atoms with van der Waals surface area (Å²) < 4.78 is 20.2. The van der Waals surface area contributed by atoms with Gasteiger partial charge >= 0.3 is 95.9 Å². The molecule has 0 saturated carbocycles. The minimum absolute atomic E-state index is 0.0249. The van der Waals surface area contributed by atoms with Crippen molar-refractivity contribution in [1.29, 1.82) is 0 Å². The van der Waals surface area contributed by atoms with E-state index in [0.29, 0.717) is 20.9 Å². The van der Waals surface area contributed by atoms with E-state index >= 15 is 0 Å². The van der Waals surface area contributed by atoms with Gasteiger partial charge in [-0.05, 0) is 0 Å². The Bertz CT molecular complexity index is 334. The average Bonchev–Trinajstić information content (AvgIpc) is 2.30. The molecular formula is C12H15FOSe. The SMILES string of the molecule is C[Se]c1ccc(C2CCOCC2)c(F)c1. The Morgan fingerprint density at radius 3 is 2.67 bits per heavy atom. The zero-order valence-corrected chi connectivity index (χ0v) is 10.5. The van der Waals surface area contributed by atoms with E-state index < -0.39 is 0 Å². The first-order valence-corrected chi connectivity index (χ1v) is 7.79. The maximum atomic E-state index is 13.8. The van der Waals surface area contributed by atoms with Crippen LogP contribution in [0, 0.1) is 5.82 Å². The third-order valence-corrected chi connectivity index (χ3v) is 4.39. The molecule has 0 amide bonds. The molecule has 0 radical (unpaired) electrons. The van der Waals surface area contributed by atoms with E-state index in [0.717, 1.165) is 36.1 Å². The summed E-state index contributed by atoms with van der Waals surface area (Å²) in [6.45, 7) is 1.53. The van der Waals surface area contributed by atoms with Gasteiger partial charge in [0, 0.05) is 0 Å². The Morgan fingerprint density at radius 1 is 1.33 bits per heavy atom. The second-order valence-corrected chi connectivity index (χ2v) is 5.62. The molecule has 1 fully saturated rings. The predicted octanol–water partition coefficient (Wildman–Crippen LogP) is 2.10. The van der Waals surface area contributed by atoms with E-state index in [1.807, 2.05) is 6.07 Å². The first-order valence-electron chi connectivity index (χ1n) is 5.22. The molecule has 1 aliphatic heterocycles. The van der Waals surface area contributed by atoms with E-state index in [2.05, 4.69) is 11.9 Å². The molecule has 0 N–H and O–H groups in total. The fourth-order valence-electron chi connectivity index (χ4n) is 1.97. The summed E-state index contributed by atoms with van der Waals surface area (Å²) in [7, 11) is 0. The molecule has 0 aromatic heterocycles. The van der Waals surface area contributed by atoms with Gasteiger partial charge in [0.2, 0.25) is 0 Å². The summed E-state index contributed by atoms with van der Waals surface area (Å²) in [6, 6.07) is 5.73. The fraction of sp³-hybridized carbons (Fsp3) is 0.500. The summed E-state index contributed by atoms with van der Waals surface area (Å²) in [5, 5.41) is 0. The Morgan fingerprint density at radius 2 is 2.07 bits per heavy atom. The molecule has 0 unspecified atom stereocenters. The summed E-state index contributed by atoms with van der Waals surface area (Å²) in [5.74, 6) is 2.44. The summed E-state index contributed by atoms with van der Waals surface area (Å²) in [6.07, 6.45) is 1.90. The second kappa shape index (κ2) is 5.11. The first-order chi connectivity index (χ1) is 7.31. The van der Waals surface area contributed by atoms with Crippen LogP contribution < -0.4 is 4.46 Å². The molecule has 1 aromatic carbocycles. The van der Waals surface area contributed by atoms with Crippen molar-refractivity contribution in [2.75, 3.05) is 13.2 Å². The zero-order chi connectivity index (χ0) is 10.7. The van der Waals surface area contributed by atoms with Crippen LogP contribution in [0.2, 0.25) is 5.82 Å². The van der Waals surface area contributed by atoms with Crippen LogP contribution >= 0.6 is 0 Å². The molecule has 1 nitrogen and oxygen atoms in total. The molecule has 2 rings (SSSR count). The Hall–Kier alpha value is -0.371. The van der Waals surface area contributed by atoms with Gasteiger partial charge in [-0.2, -0.15) is 0 Å². The van der Waals surface area contributed by atoms with Crippen LogP contribution in [0.15, 0.2) is 18.2 Å². The molecule has 0 bridgehead atoms. The van der Waals surface area contributed by atoms with Gasteiger partial charge < -0.3 is 0 Å². The van der Waals surface area contributed by atoms with Crippen LogP contribution in [0.4, 0.5) is 4.39 Å². The van der Waals surface area contributed by atoms with Crippen molar-refractivity contribution in [1.82, 2.24) is 0 Å². The maximum absolute atomic E-state index is 13.8. The van der Waals surface area contributed by atoms with Crippen molar-refractivity contribution in [2.24, 2.45) is 0 Å². The van der Waals surface area contributed by atoms with Gasteiger partial charge in [0.25, 0.3) is 0 Å². The van der Waals surface area contributed by atoms with Crippen molar-refractivity contribution < 1.29 is 9.13 Å². The van der Waals surface area contributed by atoms with Crippen molar-refractivity contribution in [3.05, 3.63) is 29.6 Å². The average molecular weight is 273 g/mol. The van der Waals surface area contributed by atoms with Crippen molar-refractivity contribution >= 4 is 19.4 Å². The van der Waals surface area contributed by atoms with Gasteiger partial charge in [-0.25, -0.2) is 0 Å². The molecule has 1 heterocycles. The Balaban J connectivity index is 2.19. The molecule has 82 valence electrons. The number of hydrogen-bond donors (Lipinski definition) is 0. The van der Waals surface area contributed by atoms with Crippen molar-refractivity contribution in [3.63, 3.8) is 0 Å². The molecule has 0 aliphatic carbocycles. The standard InChI is InChI=1S/C12H15FOSe/c1-15-10-2-3-11(12(13)8-10)9-4-6-14-7-5-9/h2-3,8-9H,4-7H2,1H3. The van der Waals surface area contributed by atoms with Crippen LogP contribution in [0.3, 0.4) is 0 Å². The summed E-state index contributed by atoms with van der Waals surface area (Å²) >= 11 is 0.384. The zero-order valence-electron chi connectivity index (χ0n) is 8.83. The van der Waals surface area contributed by atoms with E-state index in [1.165, 1.54) is 0 Å². The Kier molecular flexibility index (Phi) is 3.79. The van der Waals surface area contributed by atoms with Gasteiger partial charge in [-0.3, -0.25) is 0 Å². The predicted molar refractivity (Wildman–Crippen MR) is 60.4 cm³/mol. The monoisotopic (exact) mass is 274 g/mol. The molecule has 0 spiro atoms. The van der Waals surface area contributed by atoms with Crippen molar-refractivity contribution in [3.8, 4) is 0 Å². The van der Waals surface area contributed by atoms with Crippen LogP contribution in [0.5, 0.6) is 0 Å². The number of benzene rings is 1. The first kappa shape index (κ1) is 11.1. The van der Waals surface area contributed by atoms with Crippen LogP contribution in [-0.2, 0) is 4.74 Å². The minimum atomic E-state index is -0.0249. The molecule has 3 heteroatoms. The molecule has 1 saturated heterocycles. The fourth-order valence-corrected chi connectivity index (χ4v) is 2.87. The summed E-state index contributed by atoms with van der Waals surface area (Å²) in [4.78, 5) is 0. The van der Waals surface area contributed by atoms with E-state index in [4.69, 9.17) is 4.74 Å². The quantitative estimate of drug-likeness (QED) is 0.750. The van der Waals surface area contributed by atoms with Crippen molar-refractivity contribution in [2.45, 2.75) is 24.6 Å². The van der Waals surface area contributed by atoms with E-state index in [-0.39, 0.29) is 5.82 Å². The van der Waals surface area contributed by atoms with E-state index in [1.54, 1.807) is 6.07 Å². The van der Waals surface area contributed by atoms with Crippen LogP contribution in [0.1, 0.15) is 24.3 Å². The van der Waals surface area contributed by atoms with Gasteiger partial charge in [0.05, 0.1) is 0 Å². The normalized spacial score (nSPS) is 18.0. The topological polar surface area (TPSA) is 9.23 Å². The molecule has 0 atom stereocenters. The van der Waals surface area contributed by atoms with Gasteiger partial charge in [-0.1, -0.05) is 0 Å². The number of ether oxygens (including phenoxy) is 1. The second-order valence-electron chi connectivity index (χ2n) is 3.77. The van der Waals surface area contributed by atoms with Crippen LogP contribution in [0.25, 0.3) is 0 Å². The third kappa shape index (κ3) is 2.60. The molecular weight excluding hydrogens is 258 g/mol. The Labute approximate surface area is 96.2 Å². The third-order valence-electron chi connectivity index (χ3n) is 2.87. The van der Waals surface area contributed by atoms with Crippen LogP contribution in [-0.4, -0.2) is 28.2 Å². The van der Waals surface area contributed by atoms with Gasteiger partial charge in [0.15, 0.2) is 0 Å². The summed E-state index contributed by atoms with van der Waals surface area (Å²) in [5.41, 5.74) is 0.881.